The molecule has 0 bridgehead atoms. The number of rotatable bonds is 6. The Hall–Kier alpha value is -2.63. The Labute approximate surface area is 146 Å². The maximum atomic E-state index is 11.4. The maximum Gasteiger partial charge on any atom is 0.237 e. The van der Waals surface area contributed by atoms with Crippen LogP contribution in [0.1, 0.15) is 11.1 Å². The molecule has 1 aromatic carbocycles. The average Bonchev–Trinajstić information content (AvgIpc) is 3.23. The van der Waals surface area contributed by atoms with Gasteiger partial charge in [-0.2, -0.15) is 5.26 Å². The van der Waals surface area contributed by atoms with Crippen molar-refractivity contribution in [3.63, 3.8) is 0 Å². The van der Waals surface area contributed by atoms with Gasteiger partial charge in [-0.05, 0) is 29.1 Å². The molecule has 8 heteroatoms. The lowest BCUT2D eigenvalue weighted by Crippen LogP contribution is -2.19. The smallest absolute Gasteiger partial charge is 0.237 e. The van der Waals surface area contributed by atoms with Gasteiger partial charge in [0, 0.05) is 5.75 Å². The summed E-state index contributed by atoms with van der Waals surface area (Å²) < 4.78 is 1.74. The largest absolute Gasteiger partial charge is 0.368 e. The van der Waals surface area contributed by atoms with Gasteiger partial charge in [0.1, 0.15) is 6.54 Å². The molecule has 0 aliphatic rings. The first-order chi connectivity index (χ1) is 11.7. The standard InChI is InChI=1S/C16H13N5OS2/c17-8-11-3-5-12(6-4-11)10-24-16-20-19-15(13-2-1-7-23-13)21(16)9-14(18)22/h1-7H,9-10H2,(H2,18,22). The van der Waals surface area contributed by atoms with Crippen molar-refractivity contribution in [1.82, 2.24) is 14.8 Å². The summed E-state index contributed by atoms with van der Waals surface area (Å²) in [5, 5.41) is 19.8. The number of thioether (sulfide) groups is 1. The number of hydrogen-bond donors (Lipinski definition) is 1. The lowest BCUT2D eigenvalue weighted by Gasteiger charge is -2.07. The molecule has 0 spiro atoms. The molecular formula is C16H13N5OS2. The molecule has 2 N–H and O–H groups in total. The third-order valence-corrected chi connectivity index (χ3v) is 5.13. The fraction of sp³-hybridized carbons (Fsp3) is 0.125. The molecule has 0 radical (unpaired) electrons. The van der Waals surface area contributed by atoms with E-state index in [-0.39, 0.29) is 6.54 Å². The third-order valence-electron chi connectivity index (χ3n) is 3.22. The summed E-state index contributed by atoms with van der Waals surface area (Å²) in [5.41, 5.74) is 7.05. The molecular weight excluding hydrogens is 342 g/mol. The van der Waals surface area contributed by atoms with Gasteiger partial charge in [-0.1, -0.05) is 30.0 Å². The molecule has 0 fully saturated rings. The summed E-state index contributed by atoms with van der Waals surface area (Å²) in [4.78, 5) is 12.3. The Bertz CT molecular complexity index is 878. The second kappa shape index (κ2) is 7.29. The normalized spacial score (nSPS) is 10.5. The minimum atomic E-state index is -0.437. The summed E-state index contributed by atoms with van der Waals surface area (Å²) in [7, 11) is 0. The van der Waals surface area contributed by atoms with Crippen LogP contribution in [0.3, 0.4) is 0 Å². The van der Waals surface area contributed by atoms with Crippen LogP contribution in [-0.4, -0.2) is 20.7 Å². The highest BCUT2D eigenvalue weighted by Crippen LogP contribution is 2.28. The van der Waals surface area contributed by atoms with E-state index in [1.807, 2.05) is 29.6 Å². The van der Waals surface area contributed by atoms with Gasteiger partial charge in [0.25, 0.3) is 0 Å². The van der Waals surface area contributed by atoms with Crippen molar-refractivity contribution >= 4 is 29.0 Å². The Morgan fingerprint density at radius 2 is 2.08 bits per heavy atom. The Balaban J connectivity index is 1.82. The van der Waals surface area contributed by atoms with Crippen LogP contribution in [0.15, 0.2) is 46.9 Å². The van der Waals surface area contributed by atoms with Gasteiger partial charge in [-0.3, -0.25) is 9.36 Å². The third kappa shape index (κ3) is 3.64. The van der Waals surface area contributed by atoms with Gasteiger partial charge in [-0.15, -0.1) is 21.5 Å². The van der Waals surface area contributed by atoms with Gasteiger partial charge >= 0.3 is 0 Å². The lowest BCUT2D eigenvalue weighted by molar-refractivity contribution is -0.118. The van der Waals surface area contributed by atoms with Crippen molar-refractivity contribution in [2.45, 2.75) is 17.5 Å². The van der Waals surface area contributed by atoms with E-state index in [1.165, 1.54) is 23.1 Å². The van der Waals surface area contributed by atoms with Gasteiger partial charge < -0.3 is 5.73 Å². The summed E-state index contributed by atoms with van der Waals surface area (Å²) in [6.45, 7) is 0.0376. The van der Waals surface area contributed by atoms with E-state index in [9.17, 15) is 4.79 Å². The molecule has 0 atom stereocenters. The lowest BCUT2D eigenvalue weighted by atomic mass is 10.2. The van der Waals surface area contributed by atoms with Gasteiger partial charge in [0.2, 0.25) is 5.91 Å². The SMILES string of the molecule is N#Cc1ccc(CSc2nnc(-c3cccs3)n2CC(N)=O)cc1. The number of amides is 1. The molecule has 0 aliphatic carbocycles. The van der Waals surface area contributed by atoms with Crippen LogP contribution < -0.4 is 5.73 Å². The number of carbonyl (C=O) groups excluding carboxylic acids is 1. The Morgan fingerprint density at radius 1 is 1.29 bits per heavy atom. The molecule has 120 valence electrons. The van der Waals surface area contributed by atoms with Crippen LogP contribution in [-0.2, 0) is 17.1 Å². The summed E-state index contributed by atoms with van der Waals surface area (Å²) in [5.74, 6) is 0.867. The van der Waals surface area contributed by atoms with E-state index >= 15 is 0 Å². The van der Waals surface area contributed by atoms with E-state index in [1.54, 1.807) is 16.7 Å². The number of aromatic nitrogens is 3. The topological polar surface area (TPSA) is 97.6 Å². The summed E-state index contributed by atoms with van der Waals surface area (Å²) in [6.07, 6.45) is 0. The zero-order valence-corrected chi connectivity index (χ0v) is 14.2. The van der Waals surface area contributed by atoms with Crippen molar-refractivity contribution < 1.29 is 4.79 Å². The van der Waals surface area contributed by atoms with E-state index in [0.29, 0.717) is 22.3 Å². The molecule has 1 amide bonds. The fourth-order valence-corrected chi connectivity index (χ4v) is 3.72. The first-order valence-electron chi connectivity index (χ1n) is 7.04. The van der Waals surface area contributed by atoms with Crippen molar-refractivity contribution in [1.29, 1.82) is 5.26 Å². The first kappa shape index (κ1) is 16.2. The number of hydrogen-bond acceptors (Lipinski definition) is 6. The number of benzene rings is 1. The highest BCUT2D eigenvalue weighted by atomic mass is 32.2. The zero-order valence-electron chi connectivity index (χ0n) is 12.5. The molecule has 3 rings (SSSR count). The van der Waals surface area contributed by atoms with Crippen molar-refractivity contribution in [2.75, 3.05) is 0 Å². The minimum absolute atomic E-state index is 0.0376. The number of carbonyl (C=O) groups is 1. The van der Waals surface area contributed by atoms with Crippen LogP contribution in [0.5, 0.6) is 0 Å². The highest BCUT2D eigenvalue weighted by molar-refractivity contribution is 7.98. The number of nitrogens with zero attached hydrogens (tertiary/aromatic N) is 4. The minimum Gasteiger partial charge on any atom is -0.368 e. The van der Waals surface area contributed by atoms with Crippen LogP contribution in [0, 0.1) is 11.3 Å². The van der Waals surface area contributed by atoms with Gasteiger partial charge in [-0.25, -0.2) is 0 Å². The Morgan fingerprint density at radius 3 is 2.71 bits per heavy atom. The molecule has 2 heterocycles. The zero-order chi connectivity index (χ0) is 16.9. The summed E-state index contributed by atoms with van der Waals surface area (Å²) >= 11 is 3.01. The van der Waals surface area contributed by atoms with E-state index in [0.717, 1.165) is 10.4 Å². The predicted molar refractivity (Wildman–Crippen MR) is 93.2 cm³/mol. The van der Waals surface area contributed by atoms with Crippen LogP contribution >= 0.6 is 23.1 Å². The van der Waals surface area contributed by atoms with Crippen molar-refractivity contribution in [2.24, 2.45) is 5.73 Å². The number of nitriles is 1. The van der Waals surface area contributed by atoms with E-state index in [2.05, 4.69) is 16.3 Å². The van der Waals surface area contributed by atoms with Crippen LogP contribution in [0.2, 0.25) is 0 Å². The number of nitrogens with two attached hydrogens (primary N) is 1. The second-order valence-electron chi connectivity index (χ2n) is 4.93. The molecule has 0 saturated carbocycles. The van der Waals surface area contributed by atoms with Crippen molar-refractivity contribution in [3.05, 3.63) is 52.9 Å². The number of thiophene rings is 1. The molecule has 0 unspecified atom stereocenters. The maximum absolute atomic E-state index is 11.4. The quantitative estimate of drug-likeness (QED) is 0.686. The highest BCUT2D eigenvalue weighted by Gasteiger charge is 2.16. The molecule has 3 aromatic rings. The van der Waals surface area contributed by atoms with E-state index < -0.39 is 5.91 Å². The fourth-order valence-electron chi connectivity index (χ4n) is 2.11. The molecule has 0 saturated heterocycles. The van der Waals surface area contributed by atoms with Gasteiger partial charge in [0.05, 0.1) is 16.5 Å². The Kier molecular flexibility index (Phi) is 4.93. The molecule has 24 heavy (non-hydrogen) atoms. The van der Waals surface area contributed by atoms with Gasteiger partial charge in [0.15, 0.2) is 11.0 Å². The monoisotopic (exact) mass is 355 g/mol. The van der Waals surface area contributed by atoms with Crippen molar-refractivity contribution in [3.8, 4) is 16.8 Å². The van der Waals surface area contributed by atoms with Crippen LogP contribution in [0.25, 0.3) is 10.7 Å². The summed E-state index contributed by atoms with van der Waals surface area (Å²) in [6, 6.07) is 13.3. The first-order valence-corrected chi connectivity index (χ1v) is 8.91. The second-order valence-corrected chi connectivity index (χ2v) is 6.82. The molecule has 6 nitrogen and oxygen atoms in total. The van der Waals surface area contributed by atoms with E-state index in [4.69, 9.17) is 11.0 Å². The molecule has 0 aliphatic heterocycles. The molecule has 2 aromatic heterocycles. The predicted octanol–water partition coefficient (Wildman–Crippen LogP) is 2.66. The number of primary amides is 1. The average molecular weight is 355 g/mol. The van der Waals surface area contributed by atoms with Crippen LogP contribution in [0.4, 0.5) is 0 Å².